The predicted octanol–water partition coefficient (Wildman–Crippen LogP) is 5.46. The fraction of sp³-hybridized carbons (Fsp3) is 0.679. The van der Waals surface area contributed by atoms with E-state index in [0.717, 1.165) is 45.8 Å². The lowest BCUT2D eigenvalue weighted by molar-refractivity contribution is 0.0453. The molecule has 4 rings (SSSR count). The second kappa shape index (κ2) is 10.1. The molecule has 1 N–H and O–H groups in total. The Bertz CT molecular complexity index is 831. The van der Waals surface area contributed by atoms with Crippen LogP contribution in [0.25, 0.3) is 0 Å². The van der Waals surface area contributed by atoms with Crippen molar-refractivity contribution in [2.45, 2.75) is 58.8 Å². The number of aliphatic imine (C=N–C) groups is 1. The van der Waals surface area contributed by atoms with Crippen molar-refractivity contribution < 1.29 is 9.84 Å². The summed E-state index contributed by atoms with van der Waals surface area (Å²) in [6.45, 7) is 16.4. The number of likely N-dealkylation sites (N-methyl/N-ethyl adjacent to an activating group) is 1. The van der Waals surface area contributed by atoms with Gasteiger partial charge >= 0.3 is 0 Å². The summed E-state index contributed by atoms with van der Waals surface area (Å²) in [7, 11) is 0. The van der Waals surface area contributed by atoms with Crippen molar-refractivity contribution in [1.82, 2.24) is 4.90 Å². The van der Waals surface area contributed by atoms with Gasteiger partial charge in [0.05, 0.1) is 13.2 Å². The van der Waals surface area contributed by atoms with Gasteiger partial charge in [0.15, 0.2) is 0 Å². The Morgan fingerprint density at radius 2 is 2.09 bits per heavy atom. The van der Waals surface area contributed by atoms with E-state index in [2.05, 4.69) is 49.5 Å². The van der Waals surface area contributed by atoms with Crippen LogP contribution in [0.1, 0.15) is 63.5 Å². The van der Waals surface area contributed by atoms with Crippen LogP contribution in [0.15, 0.2) is 34.8 Å². The standard InChI is InChI=1S/C28H42N2O2/c1-5-30(6-2)14-16-32-15-12-22-7-10-26-27-21(19-29-4)17-20-18-23(31)8-9-24(20)25(27)11-13-28(22,26)3/h8-9,12,18,21,25-27,31H,4-7,10-11,13-17,19H2,1-3H3/b22-12+. The third kappa shape index (κ3) is 4.41. The lowest BCUT2D eigenvalue weighted by atomic mass is 9.52. The summed E-state index contributed by atoms with van der Waals surface area (Å²) in [6, 6.07) is 6.06. The second-order valence-electron chi connectivity index (χ2n) is 10.4. The minimum atomic E-state index is 0.289. The number of benzene rings is 1. The number of phenols is 1. The molecule has 1 aromatic carbocycles. The number of aromatic hydroxyl groups is 1. The highest BCUT2D eigenvalue weighted by Gasteiger charge is 2.54. The van der Waals surface area contributed by atoms with Crippen molar-refractivity contribution in [3.05, 3.63) is 41.0 Å². The Balaban J connectivity index is 1.49. The van der Waals surface area contributed by atoms with E-state index in [1.807, 2.05) is 12.1 Å². The van der Waals surface area contributed by atoms with Crippen LogP contribution >= 0.6 is 0 Å². The van der Waals surface area contributed by atoms with Crippen molar-refractivity contribution in [3.63, 3.8) is 0 Å². The maximum atomic E-state index is 10.0. The molecular formula is C28H42N2O2. The van der Waals surface area contributed by atoms with E-state index < -0.39 is 0 Å². The summed E-state index contributed by atoms with van der Waals surface area (Å²) in [6.07, 6.45) is 8.40. The zero-order chi connectivity index (χ0) is 22.7. The van der Waals surface area contributed by atoms with Gasteiger partial charge < -0.3 is 19.7 Å². The molecule has 5 unspecified atom stereocenters. The third-order valence-corrected chi connectivity index (χ3v) is 8.99. The Labute approximate surface area is 194 Å². The highest BCUT2D eigenvalue weighted by atomic mass is 16.5. The molecule has 176 valence electrons. The minimum absolute atomic E-state index is 0.289. The van der Waals surface area contributed by atoms with E-state index in [9.17, 15) is 5.11 Å². The molecule has 4 nitrogen and oxygen atoms in total. The van der Waals surface area contributed by atoms with E-state index in [1.54, 1.807) is 5.57 Å². The SMILES string of the molecule is C=NCC1Cc2cc(O)ccc2C2CCC3(C)/C(=C/COCCN(CC)CC)CCC3C12. The van der Waals surface area contributed by atoms with E-state index in [4.69, 9.17) is 4.74 Å². The van der Waals surface area contributed by atoms with Crippen LogP contribution in [-0.4, -0.2) is 56.1 Å². The van der Waals surface area contributed by atoms with Crippen LogP contribution in [0, 0.1) is 23.2 Å². The van der Waals surface area contributed by atoms with Crippen LogP contribution in [0.5, 0.6) is 5.75 Å². The molecule has 0 heterocycles. The molecular weight excluding hydrogens is 396 g/mol. The first-order valence-corrected chi connectivity index (χ1v) is 12.8. The molecule has 32 heavy (non-hydrogen) atoms. The molecule has 0 radical (unpaired) electrons. The molecule has 3 aliphatic rings. The van der Waals surface area contributed by atoms with Crippen molar-refractivity contribution in [2.75, 3.05) is 39.4 Å². The molecule has 0 saturated heterocycles. The van der Waals surface area contributed by atoms with Gasteiger partial charge in [-0.15, -0.1) is 0 Å². The van der Waals surface area contributed by atoms with Crippen molar-refractivity contribution in [2.24, 2.45) is 28.2 Å². The first kappa shape index (κ1) is 23.5. The van der Waals surface area contributed by atoms with Crippen LogP contribution in [0.3, 0.4) is 0 Å². The number of hydrogen-bond acceptors (Lipinski definition) is 4. The fourth-order valence-electron chi connectivity index (χ4n) is 7.28. The van der Waals surface area contributed by atoms with E-state index >= 15 is 0 Å². The summed E-state index contributed by atoms with van der Waals surface area (Å²) in [5, 5.41) is 10.0. The zero-order valence-corrected chi connectivity index (χ0v) is 20.4. The van der Waals surface area contributed by atoms with E-state index in [0.29, 0.717) is 29.4 Å². The minimum Gasteiger partial charge on any atom is -0.508 e. The molecule has 2 saturated carbocycles. The van der Waals surface area contributed by atoms with Gasteiger partial charge in [-0.1, -0.05) is 38.5 Å². The number of rotatable bonds is 9. The molecule has 2 fully saturated rings. The highest BCUT2D eigenvalue weighted by Crippen LogP contribution is 2.64. The molecule has 4 heteroatoms. The van der Waals surface area contributed by atoms with Crippen LogP contribution in [0.4, 0.5) is 0 Å². The number of ether oxygens (including phenoxy) is 1. The number of allylic oxidation sites excluding steroid dienone is 1. The normalized spacial score (nSPS) is 32.6. The monoisotopic (exact) mass is 438 g/mol. The predicted molar refractivity (Wildman–Crippen MR) is 133 cm³/mol. The largest absolute Gasteiger partial charge is 0.508 e. The van der Waals surface area contributed by atoms with Crippen molar-refractivity contribution >= 4 is 6.72 Å². The first-order chi connectivity index (χ1) is 15.5. The molecule has 0 aliphatic heterocycles. The molecule has 0 spiro atoms. The summed E-state index contributed by atoms with van der Waals surface area (Å²) < 4.78 is 6.01. The smallest absolute Gasteiger partial charge is 0.115 e. The average molecular weight is 439 g/mol. The molecule has 5 atom stereocenters. The average Bonchev–Trinajstić information content (AvgIpc) is 3.12. The van der Waals surface area contributed by atoms with Crippen LogP contribution in [-0.2, 0) is 11.2 Å². The zero-order valence-electron chi connectivity index (χ0n) is 20.4. The van der Waals surface area contributed by atoms with Crippen molar-refractivity contribution in [3.8, 4) is 5.75 Å². The second-order valence-corrected chi connectivity index (χ2v) is 10.4. The third-order valence-electron chi connectivity index (χ3n) is 8.99. The van der Waals surface area contributed by atoms with Gasteiger partial charge in [-0.3, -0.25) is 0 Å². The summed E-state index contributed by atoms with van der Waals surface area (Å²) in [4.78, 5) is 6.76. The Kier molecular flexibility index (Phi) is 7.41. The lowest BCUT2D eigenvalue weighted by Gasteiger charge is -2.52. The summed E-state index contributed by atoms with van der Waals surface area (Å²) in [5.41, 5.74) is 4.73. The lowest BCUT2D eigenvalue weighted by Crippen LogP contribution is -2.45. The Hall–Kier alpha value is -1.65. The van der Waals surface area contributed by atoms with Crippen LogP contribution in [0.2, 0.25) is 0 Å². The number of fused-ring (bicyclic) bond motifs is 5. The molecule has 0 bridgehead atoms. The summed E-state index contributed by atoms with van der Waals surface area (Å²) >= 11 is 0. The van der Waals surface area contributed by atoms with Gasteiger partial charge in [0.25, 0.3) is 0 Å². The van der Waals surface area contributed by atoms with Gasteiger partial charge in [0.2, 0.25) is 0 Å². The Morgan fingerprint density at radius 3 is 2.84 bits per heavy atom. The first-order valence-electron chi connectivity index (χ1n) is 12.8. The number of phenolic OH excluding ortho intramolecular Hbond substituents is 1. The number of hydrogen-bond donors (Lipinski definition) is 1. The van der Waals surface area contributed by atoms with E-state index in [1.165, 1.54) is 36.8 Å². The van der Waals surface area contributed by atoms with Gasteiger partial charge in [0, 0.05) is 13.1 Å². The molecule has 1 aromatic rings. The van der Waals surface area contributed by atoms with Crippen LogP contribution < -0.4 is 0 Å². The van der Waals surface area contributed by atoms with Gasteiger partial charge in [-0.05, 0) is 104 Å². The fourth-order valence-corrected chi connectivity index (χ4v) is 7.28. The van der Waals surface area contributed by atoms with Gasteiger partial charge in [-0.25, -0.2) is 0 Å². The topological polar surface area (TPSA) is 45.1 Å². The Morgan fingerprint density at radius 1 is 1.28 bits per heavy atom. The quantitative estimate of drug-likeness (QED) is 0.316. The van der Waals surface area contributed by atoms with Gasteiger partial charge in [-0.2, -0.15) is 0 Å². The highest BCUT2D eigenvalue weighted by molar-refractivity contribution is 5.41. The summed E-state index contributed by atoms with van der Waals surface area (Å²) in [5.74, 6) is 2.87. The number of nitrogens with zero attached hydrogens (tertiary/aromatic N) is 2. The maximum Gasteiger partial charge on any atom is 0.115 e. The van der Waals surface area contributed by atoms with Gasteiger partial charge in [0.1, 0.15) is 5.75 Å². The maximum absolute atomic E-state index is 10.0. The molecule has 0 aromatic heterocycles. The molecule has 0 amide bonds. The molecule has 3 aliphatic carbocycles. The van der Waals surface area contributed by atoms with Crippen molar-refractivity contribution in [1.29, 1.82) is 0 Å². The van der Waals surface area contributed by atoms with E-state index in [-0.39, 0.29) is 5.41 Å².